The number of anilines is 1. The Morgan fingerprint density at radius 2 is 1.87 bits per heavy atom. The van der Waals surface area contributed by atoms with E-state index in [1.165, 1.54) is 0 Å². The number of carbonyl (C=O) groups excluding carboxylic acids is 1. The summed E-state index contributed by atoms with van der Waals surface area (Å²) in [6.07, 6.45) is -2.83. The fourth-order valence-electron chi connectivity index (χ4n) is 1.71. The average Bonchev–Trinajstić information content (AvgIpc) is 2.48. The van der Waals surface area contributed by atoms with Crippen LogP contribution in [0, 0.1) is 13.8 Å². The predicted molar refractivity (Wildman–Crippen MR) is 77.1 cm³/mol. The number of nitrogens with one attached hydrogen (secondary N) is 1. The maximum Gasteiger partial charge on any atom is 0.416 e. The maximum absolute atomic E-state index is 12.4. The van der Waals surface area contributed by atoms with Crippen LogP contribution in [0.5, 0.6) is 5.75 Å². The fourth-order valence-corrected chi connectivity index (χ4v) is 1.71. The number of nitrogens with zero attached hydrogens (tertiary/aromatic N) is 2. The van der Waals surface area contributed by atoms with Crippen LogP contribution in [-0.4, -0.2) is 22.5 Å². The Kier molecular flexibility index (Phi) is 4.83. The monoisotopic (exact) mass is 325 g/mol. The first-order valence-corrected chi connectivity index (χ1v) is 6.66. The van der Waals surface area contributed by atoms with E-state index in [4.69, 9.17) is 4.74 Å². The summed E-state index contributed by atoms with van der Waals surface area (Å²) in [6.45, 7) is 3.08. The third-order valence-electron chi connectivity index (χ3n) is 2.89. The Morgan fingerprint density at radius 1 is 1.22 bits per heavy atom. The zero-order valence-electron chi connectivity index (χ0n) is 12.4. The van der Waals surface area contributed by atoms with Crippen molar-refractivity contribution in [3.8, 4) is 5.75 Å². The first kappa shape index (κ1) is 16.7. The molecule has 23 heavy (non-hydrogen) atoms. The van der Waals surface area contributed by atoms with Crippen molar-refractivity contribution < 1.29 is 22.7 Å². The van der Waals surface area contributed by atoms with Gasteiger partial charge in [0.2, 0.25) is 0 Å². The molecule has 1 aromatic heterocycles. The smallest absolute Gasteiger partial charge is 0.416 e. The predicted octanol–water partition coefficient (Wildman–Crippen LogP) is 3.13. The largest absolute Gasteiger partial charge is 0.484 e. The van der Waals surface area contributed by atoms with Crippen LogP contribution in [-0.2, 0) is 11.0 Å². The van der Waals surface area contributed by atoms with Gasteiger partial charge in [-0.05, 0) is 38.1 Å². The number of rotatable bonds is 4. The van der Waals surface area contributed by atoms with Crippen LogP contribution in [0.2, 0.25) is 0 Å². The fraction of sp³-hybridized carbons (Fsp3) is 0.267. The first-order valence-electron chi connectivity index (χ1n) is 6.66. The van der Waals surface area contributed by atoms with Gasteiger partial charge in [0, 0.05) is 6.20 Å². The highest BCUT2D eigenvalue weighted by molar-refractivity contribution is 5.91. The van der Waals surface area contributed by atoms with E-state index in [1.807, 2.05) is 0 Å². The number of aromatic nitrogens is 2. The van der Waals surface area contributed by atoms with Crippen molar-refractivity contribution in [3.63, 3.8) is 0 Å². The lowest BCUT2D eigenvalue weighted by Crippen LogP contribution is -2.21. The molecular formula is C15H14F3N3O2. The summed E-state index contributed by atoms with van der Waals surface area (Å²) in [4.78, 5) is 20.0. The van der Waals surface area contributed by atoms with Gasteiger partial charge in [-0.3, -0.25) is 9.78 Å². The SMILES string of the molecule is Cc1cnc(C)c(NC(=O)COc2ccc(C(F)(F)F)cc2)n1. The number of carbonyl (C=O) groups is 1. The van der Waals surface area contributed by atoms with E-state index in [0.29, 0.717) is 17.2 Å². The molecule has 0 saturated carbocycles. The van der Waals surface area contributed by atoms with Crippen molar-refractivity contribution in [1.82, 2.24) is 9.97 Å². The maximum atomic E-state index is 12.4. The first-order chi connectivity index (χ1) is 10.8. The van der Waals surface area contributed by atoms with Crippen molar-refractivity contribution in [2.24, 2.45) is 0 Å². The number of halogens is 3. The van der Waals surface area contributed by atoms with E-state index in [-0.39, 0.29) is 12.4 Å². The Hall–Kier alpha value is -2.64. The molecule has 0 saturated heterocycles. The van der Waals surface area contributed by atoms with Crippen LogP contribution < -0.4 is 10.1 Å². The molecule has 0 bridgehead atoms. The lowest BCUT2D eigenvalue weighted by Gasteiger charge is -2.10. The van der Waals surface area contributed by atoms with E-state index in [0.717, 1.165) is 24.3 Å². The van der Waals surface area contributed by atoms with Crippen molar-refractivity contribution in [1.29, 1.82) is 0 Å². The Labute approximate surface area is 130 Å². The summed E-state index contributed by atoms with van der Waals surface area (Å²) in [5.41, 5.74) is 0.424. The van der Waals surface area contributed by atoms with Crippen molar-refractivity contribution in [2.45, 2.75) is 20.0 Å². The lowest BCUT2D eigenvalue weighted by molar-refractivity contribution is -0.137. The van der Waals surface area contributed by atoms with Gasteiger partial charge in [0.1, 0.15) is 5.75 Å². The molecule has 0 unspecified atom stereocenters. The van der Waals surface area contributed by atoms with Crippen LogP contribution in [0.1, 0.15) is 17.0 Å². The number of ether oxygens (including phenoxy) is 1. The Bertz CT molecular complexity index is 700. The second-order valence-corrected chi connectivity index (χ2v) is 4.80. The quantitative estimate of drug-likeness (QED) is 0.938. The Morgan fingerprint density at radius 3 is 2.48 bits per heavy atom. The summed E-state index contributed by atoms with van der Waals surface area (Å²) < 4.78 is 42.4. The minimum atomic E-state index is -4.41. The molecule has 5 nitrogen and oxygen atoms in total. The van der Waals surface area contributed by atoms with Crippen molar-refractivity contribution in [2.75, 3.05) is 11.9 Å². The normalized spacial score (nSPS) is 11.2. The molecule has 122 valence electrons. The van der Waals surface area contributed by atoms with Gasteiger partial charge in [-0.25, -0.2) is 4.98 Å². The molecular weight excluding hydrogens is 311 g/mol. The number of amides is 1. The van der Waals surface area contributed by atoms with E-state index < -0.39 is 17.6 Å². The second kappa shape index (κ2) is 6.64. The molecule has 0 aliphatic carbocycles. The summed E-state index contributed by atoms with van der Waals surface area (Å²) >= 11 is 0. The highest BCUT2D eigenvalue weighted by Gasteiger charge is 2.30. The molecule has 1 N–H and O–H groups in total. The van der Waals surface area contributed by atoms with Gasteiger partial charge < -0.3 is 10.1 Å². The second-order valence-electron chi connectivity index (χ2n) is 4.80. The molecule has 0 aliphatic heterocycles. The van der Waals surface area contributed by atoms with Gasteiger partial charge in [0.25, 0.3) is 5.91 Å². The number of aryl methyl sites for hydroxylation is 2. The van der Waals surface area contributed by atoms with Crippen LogP contribution in [0.15, 0.2) is 30.5 Å². The summed E-state index contributed by atoms with van der Waals surface area (Å²) in [5, 5.41) is 2.54. The van der Waals surface area contributed by atoms with Crippen molar-refractivity contribution >= 4 is 11.7 Å². The number of hydrogen-bond acceptors (Lipinski definition) is 4. The molecule has 1 amide bonds. The Balaban J connectivity index is 1.93. The molecule has 1 aromatic carbocycles. The number of hydrogen-bond donors (Lipinski definition) is 1. The molecule has 0 fully saturated rings. The lowest BCUT2D eigenvalue weighted by atomic mass is 10.2. The molecule has 8 heteroatoms. The number of alkyl halides is 3. The van der Waals surface area contributed by atoms with Crippen LogP contribution >= 0.6 is 0 Å². The third kappa shape index (κ3) is 4.67. The average molecular weight is 325 g/mol. The van der Waals surface area contributed by atoms with Gasteiger partial charge in [-0.2, -0.15) is 13.2 Å². The minimum absolute atomic E-state index is 0.167. The van der Waals surface area contributed by atoms with E-state index in [2.05, 4.69) is 15.3 Å². The van der Waals surface area contributed by atoms with Crippen LogP contribution in [0.3, 0.4) is 0 Å². The molecule has 2 rings (SSSR count). The van der Waals surface area contributed by atoms with Gasteiger partial charge >= 0.3 is 6.18 Å². The molecule has 0 spiro atoms. The van der Waals surface area contributed by atoms with Crippen LogP contribution in [0.25, 0.3) is 0 Å². The molecule has 0 atom stereocenters. The highest BCUT2D eigenvalue weighted by atomic mass is 19.4. The summed E-state index contributed by atoms with van der Waals surface area (Å²) in [5.74, 6) is 0.0131. The zero-order chi connectivity index (χ0) is 17.0. The zero-order valence-corrected chi connectivity index (χ0v) is 12.4. The van der Waals surface area contributed by atoms with Gasteiger partial charge in [-0.15, -0.1) is 0 Å². The van der Waals surface area contributed by atoms with E-state index >= 15 is 0 Å². The van der Waals surface area contributed by atoms with Gasteiger partial charge in [0.15, 0.2) is 12.4 Å². The summed E-state index contributed by atoms with van der Waals surface area (Å²) in [7, 11) is 0. The van der Waals surface area contributed by atoms with Gasteiger partial charge in [0.05, 0.1) is 17.0 Å². The topological polar surface area (TPSA) is 64.1 Å². The minimum Gasteiger partial charge on any atom is -0.484 e. The molecule has 0 aliphatic rings. The number of benzene rings is 1. The molecule has 1 heterocycles. The molecule has 2 aromatic rings. The standard InChI is InChI=1S/C15H14F3N3O2/c1-9-7-19-10(2)14(20-9)21-13(22)8-23-12-5-3-11(4-6-12)15(16,17)18/h3-7H,8H2,1-2H3,(H,20,21,22). The highest BCUT2D eigenvalue weighted by Crippen LogP contribution is 2.30. The summed E-state index contributed by atoms with van der Waals surface area (Å²) in [6, 6.07) is 4.11. The van der Waals surface area contributed by atoms with E-state index in [1.54, 1.807) is 20.0 Å². The van der Waals surface area contributed by atoms with E-state index in [9.17, 15) is 18.0 Å². The van der Waals surface area contributed by atoms with Gasteiger partial charge in [-0.1, -0.05) is 0 Å². The third-order valence-corrected chi connectivity index (χ3v) is 2.89. The van der Waals surface area contributed by atoms with Crippen LogP contribution in [0.4, 0.5) is 19.0 Å². The van der Waals surface area contributed by atoms with Crippen molar-refractivity contribution in [3.05, 3.63) is 47.4 Å². The molecule has 0 radical (unpaired) electrons.